The molecule has 0 aliphatic carbocycles. The summed E-state index contributed by atoms with van der Waals surface area (Å²) in [6.45, 7) is 0. The van der Waals surface area contributed by atoms with E-state index in [1.165, 1.54) is 0 Å². The Kier molecular flexibility index (Phi) is 2.65. The molecule has 2 N–H and O–H groups in total. The highest BCUT2D eigenvalue weighted by atomic mass is 79.9. The third-order valence-corrected chi connectivity index (χ3v) is 3.67. The van der Waals surface area contributed by atoms with Crippen molar-refractivity contribution in [1.82, 2.24) is 0 Å². The third-order valence-electron chi connectivity index (χ3n) is 2.09. The summed E-state index contributed by atoms with van der Waals surface area (Å²) >= 11 is 5.00. The molecule has 1 aromatic carbocycles. The summed E-state index contributed by atoms with van der Waals surface area (Å²) in [5.41, 5.74) is 6.91. The number of alkyl halides is 1. The molecular formula is C10H10BrNOS. The summed E-state index contributed by atoms with van der Waals surface area (Å²) in [7, 11) is 1.69. The summed E-state index contributed by atoms with van der Waals surface area (Å²) < 4.78 is 6.51. The summed E-state index contributed by atoms with van der Waals surface area (Å²) in [4.78, 5) is 0. The van der Waals surface area contributed by atoms with Crippen LogP contribution in [0.2, 0.25) is 0 Å². The van der Waals surface area contributed by atoms with Crippen LogP contribution in [0.25, 0.3) is 10.1 Å². The molecule has 0 atom stereocenters. The lowest BCUT2D eigenvalue weighted by Gasteiger charge is -2.06. The Morgan fingerprint density at radius 2 is 2.29 bits per heavy atom. The number of benzene rings is 1. The number of methoxy groups -OCH3 is 1. The van der Waals surface area contributed by atoms with Crippen LogP contribution in [0.4, 0.5) is 5.00 Å². The highest BCUT2D eigenvalue weighted by Crippen LogP contribution is 2.38. The number of rotatable bonds is 2. The maximum atomic E-state index is 5.76. The maximum absolute atomic E-state index is 5.76. The van der Waals surface area contributed by atoms with E-state index in [1.54, 1.807) is 18.4 Å². The van der Waals surface area contributed by atoms with Gasteiger partial charge >= 0.3 is 0 Å². The topological polar surface area (TPSA) is 35.2 Å². The van der Waals surface area contributed by atoms with Gasteiger partial charge < -0.3 is 10.5 Å². The predicted molar refractivity (Wildman–Crippen MR) is 65.4 cm³/mol. The standard InChI is InChI=1S/C10H10BrNOS/c1-13-9-7(5-11)3-2-6-4-8(12)14-10(6)9/h2-4H,5,12H2,1H3. The van der Waals surface area contributed by atoms with Gasteiger partial charge in [0.15, 0.2) is 0 Å². The highest BCUT2D eigenvalue weighted by Gasteiger charge is 2.09. The first kappa shape index (κ1) is 9.80. The molecule has 2 rings (SSSR count). The van der Waals surface area contributed by atoms with E-state index in [4.69, 9.17) is 10.5 Å². The van der Waals surface area contributed by atoms with Crippen LogP contribution in [-0.2, 0) is 5.33 Å². The SMILES string of the molecule is COc1c(CBr)ccc2cc(N)sc12. The average Bonchev–Trinajstić information content (AvgIpc) is 2.56. The van der Waals surface area contributed by atoms with E-state index in [0.717, 1.165) is 31.7 Å². The zero-order chi connectivity index (χ0) is 10.1. The van der Waals surface area contributed by atoms with E-state index in [2.05, 4.69) is 28.1 Å². The lowest BCUT2D eigenvalue weighted by Crippen LogP contribution is -1.88. The molecule has 0 spiro atoms. The second kappa shape index (κ2) is 3.79. The Morgan fingerprint density at radius 3 is 2.93 bits per heavy atom. The van der Waals surface area contributed by atoms with Crippen LogP contribution in [0, 0.1) is 0 Å². The van der Waals surface area contributed by atoms with Crippen LogP contribution in [0.15, 0.2) is 18.2 Å². The van der Waals surface area contributed by atoms with Crippen LogP contribution < -0.4 is 10.5 Å². The van der Waals surface area contributed by atoms with Crippen molar-refractivity contribution in [3.05, 3.63) is 23.8 Å². The van der Waals surface area contributed by atoms with Crippen molar-refractivity contribution in [3.63, 3.8) is 0 Å². The van der Waals surface area contributed by atoms with Crippen molar-refractivity contribution >= 4 is 42.4 Å². The fraction of sp³-hybridized carbons (Fsp3) is 0.200. The van der Waals surface area contributed by atoms with E-state index in [9.17, 15) is 0 Å². The quantitative estimate of drug-likeness (QED) is 0.850. The smallest absolute Gasteiger partial charge is 0.140 e. The molecule has 14 heavy (non-hydrogen) atoms. The Balaban J connectivity index is 2.75. The molecule has 0 saturated heterocycles. The van der Waals surface area contributed by atoms with Gasteiger partial charge in [0.25, 0.3) is 0 Å². The molecule has 0 aliphatic heterocycles. The molecule has 2 aromatic rings. The number of nitrogens with two attached hydrogens (primary N) is 1. The summed E-state index contributed by atoms with van der Waals surface area (Å²) in [5, 5.41) is 2.77. The number of anilines is 1. The summed E-state index contributed by atoms with van der Waals surface area (Å²) in [6.07, 6.45) is 0. The Labute approximate surface area is 94.8 Å². The molecule has 4 heteroatoms. The van der Waals surface area contributed by atoms with E-state index < -0.39 is 0 Å². The number of hydrogen-bond acceptors (Lipinski definition) is 3. The third kappa shape index (κ3) is 1.48. The molecule has 1 aromatic heterocycles. The van der Waals surface area contributed by atoms with Gasteiger partial charge in [0.1, 0.15) is 5.75 Å². The first-order valence-electron chi connectivity index (χ1n) is 4.17. The Hall–Kier alpha value is -0.740. The normalized spacial score (nSPS) is 10.7. The molecule has 0 unspecified atom stereocenters. The minimum atomic E-state index is 0.796. The van der Waals surface area contributed by atoms with Crippen molar-refractivity contribution in [1.29, 1.82) is 0 Å². The van der Waals surface area contributed by atoms with Crippen molar-refractivity contribution in [2.75, 3.05) is 12.8 Å². The van der Waals surface area contributed by atoms with Gasteiger partial charge in [-0.15, -0.1) is 11.3 Å². The van der Waals surface area contributed by atoms with Crippen molar-refractivity contribution in [3.8, 4) is 5.75 Å². The molecule has 0 saturated carbocycles. The summed E-state index contributed by atoms with van der Waals surface area (Å²) in [5.74, 6) is 0.932. The highest BCUT2D eigenvalue weighted by molar-refractivity contribution is 9.08. The van der Waals surface area contributed by atoms with Gasteiger partial charge in [-0.1, -0.05) is 28.1 Å². The van der Waals surface area contributed by atoms with Crippen LogP contribution >= 0.6 is 27.3 Å². The van der Waals surface area contributed by atoms with Crippen LogP contribution in [0.1, 0.15) is 5.56 Å². The minimum Gasteiger partial charge on any atom is -0.495 e. The molecule has 0 aliphatic rings. The summed E-state index contributed by atoms with van der Waals surface area (Å²) in [6, 6.07) is 6.10. The number of halogens is 1. The number of nitrogen functional groups attached to an aromatic ring is 1. The van der Waals surface area contributed by atoms with Crippen molar-refractivity contribution in [2.24, 2.45) is 0 Å². The minimum absolute atomic E-state index is 0.796. The van der Waals surface area contributed by atoms with E-state index in [-0.39, 0.29) is 0 Å². The fourth-order valence-electron chi connectivity index (χ4n) is 1.47. The molecule has 0 bridgehead atoms. The molecule has 0 amide bonds. The number of hydrogen-bond donors (Lipinski definition) is 1. The number of ether oxygens (including phenoxy) is 1. The largest absolute Gasteiger partial charge is 0.495 e. The van der Waals surface area contributed by atoms with Gasteiger partial charge in [0, 0.05) is 10.9 Å². The monoisotopic (exact) mass is 271 g/mol. The van der Waals surface area contributed by atoms with Gasteiger partial charge in [-0.25, -0.2) is 0 Å². The van der Waals surface area contributed by atoms with E-state index in [1.807, 2.05) is 6.07 Å². The zero-order valence-corrected chi connectivity index (χ0v) is 10.1. The van der Waals surface area contributed by atoms with Gasteiger partial charge in [0.05, 0.1) is 16.8 Å². The molecule has 0 fully saturated rings. The molecular weight excluding hydrogens is 262 g/mol. The van der Waals surface area contributed by atoms with Crippen molar-refractivity contribution in [2.45, 2.75) is 5.33 Å². The molecule has 0 radical (unpaired) electrons. The van der Waals surface area contributed by atoms with Gasteiger partial charge in [-0.3, -0.25) is 0 Å². The zero-order valence-electron chi connectivity index (χ0n) is 7.71. The lowest BCUT2D eigenvalue weighted by atomic mass is 10.2. The van der Waals surface area contributed by atoms with Gasteiger partial charge in [-0.2, -0.15) is 0 Å². The second-order valence-electron chi connectivity index (χ2n) is 2.96. The van der Waals surface area contributed by atoms with Crippen LogP contribution in [-0.4, -0.2) is 7.11 Å². The van der Waals surface area contributed by atoms with Crippen LogP contribution in [0.3, 0.4) is 0 Å². The van der Waals surface area contributed by atoms with Gasteiger partial charge in [-0.05, 0) is 11.5 Å². The lowest BCUT2D eigenvalue weighted by molar-refractivity contribution is 0.417. The first-order chi connectivity index (χ1) is 6.76. The van der Waals surface area contributed by atoms with E-state index in [0.29, 0.717) is 0 Å². The Bertz CT molecular complexity index is 466. The maximum Gasteiger partial charge on any atom is 0.140 e. The first-order valence-corrected chi connectivity index (χ1v) is 6.11. The van der Waals surface area contributed by atoms with Gasteiger partial charge in [0.2, 0.25) is 0 Å². The molecule has 2 nitrogen and oxygen atoms in total. The second-order valence-corrected chi connectivity index (χ2v) is 4.60. The number of thiophene rings is 1. The fourth-order valence-corrected chi connectivity index (χ4v) is 2.88. The average molecular weight is 272 g/mol. The Morgan fingerprint density at radius 1 is 1.50 bits per heavy atom. The predicted octanol–water partition coefficient (Wildman–Crippen LogP) is 3.39. The van der Waals surface area contributed by atoms with Crippen LogP contribution in [0.5, 0.6) is 5.75 Å². The molecule has 1 heterocycles. The number of fused-ring (bicyclic) bond motifs is 1. The van der Waals surface area contributed by atoms with Crippen molar-refractivity contribution < 1.29 is 4.74 Å². The molecule has 74 valence electrons. The van der Waals surface area contributed by atoms with E-state index >= 15 is 0 Å².